The third kappa shape index (κ3) is 1.81. The first-order valence-electron chi connectivity index (χ1n) is 4.84. The summed E-state index contributed by atoms with van der Waals surface area (Å²) in [4.78, 5) is 18.7. The molecule has 0 aliphatic rings. The molecule has 0 amide bonds. The van der Waals surface area contributed by atoms with Gasteiger partial charge in [-0.25, -0.2) is 4.98 Å². The van der Waals surface area contributed by atoms with Crippen LogP contribution in [0.1, 0.15) is 18.3 Å². The fraction of sp³-hybridized carbons (Fsp3) is 0.167. The topological polar surface area (TPSA) is 45.8 Å². The van der Waals surface area contributed by atoms with E-state index >= 15 is 0 Å². The molecule has 0 radical (unpaired) electrons. The van der Waals surface area contributed by atoms with Gasteiger partial charge in [-0.3, -0.25) is 4.79 Å². The van der Waals surface area contributed by atoms with Crippen molar-refractivity contribution in [1.29, 1.82) is 0 Å². The van der Waals surface area contributed by atoms with E-state index in [2.05, 4.69) is 9.97 Å². The molecule has 0 atom stereocenters. The molecule has 0 unspecified atom stereocenters. The third-order valence-electron chi connectivity index (χ3n) is 2.20. The Morgan fingerprint density at radius 3 is 2.93 bits per heavy atom. The van der Waals surface area contributed by atoms with Crippen LogP contribution in [0.25, 0.3) is 17.0 Å². The lowest BCUT2D eigenvalue weighted by Crippen LogP contribution is -2.09. The van der Waals surface area contributed by atoms with Gasteiger partial charge in [0.2, 0.25) is 0 Å². The van der Waals surface area contributed by atoms with Crippen molar-refractivity contribution in [2.45, 2.75) is 13.8 Å². The van der Waals surface area contributed by atoms with E-state index in [-0.39, 0.29) is 5.56 Å². The fourth-order valence-electron chi connectivity index (χ4n) is 1.51. The normalized spacial score (nSPS) is 11.3. The molecule has 0 spiro atoms. The highest BCUT2D eigenvalue weighted by molar-refractivity contribution is 5.78. The van der Waals surface area contributed by atoms with Gasteiger partial charge in [0, 0.05) is 0 Å². The van der Waals surface area contributed by atoms with Crippen LogP contribution in [0.5, 0.6) is 0 Å². The first-order valence-corrected chi connectivity index (χ1v) is 4.84. The van der Waals surface area contributed by atoms with Crippen LogP contribution in [0.2, 0.25) is 0 Å². The molecule has 3 nitrogen and oxygen atoms in total. The number of allylic oxidation sites excluding steroid dienone is 1. The molecule has 0 saturated heterocycles. The van der Waals surface area contributed by atoms with Gasteiger partial charge in [-0.2, -0.15) is 0 Å². The Balaban J connectivity index is 2.78. The monoisotopic (exact) mass is 200 g/mol. The van der Waals surface area contributed by atoms with Crippen molar-refractivity contribution in [2.75, 3.05) is 0 Å². The van der Waals surface area contributed by atoms with Crippen molar-refractivity contribution in [1.82, 2.24) is 9.97 Å². The van der Waals surface area contributed by atoms with Crippen LogP contribution >= 0.6 is 0 Å². The predicted octanol–water partition coefficient (Wildman–Crippen LogP) is 2.26. The van der Waals surface area contributed by atoms with Crippen LogP contribution < -0.4 is 5.56 Å². The zero-order chi connectivity index (χ0) is 10.8. The molecule has 0 aliphatic carbocycles. The maximum atomic E-state index is 11.7. The SMILES string of the molecule is CC=Cc1nc2ccc(C)cc2c(=O)[nH]1. The van der Waals surface area contributed by atoms with Gasteiger partial charge in [0.25, 0.3) is 5.56 Å². The average Bonchev–Trinajstić information content (AvgIpc) is 2.20. The maximum Gasteiger partial charge on any atom is 0.259 e. The highest BCUT2D eigenvalue weighted by Gasteiger charge is 2.01. The summed E-state index contributed by atoms with van der Waals surface area (Å²) < 4.78 is 0. The average molecular weight is 200 g/mol. The lowest BCUT2D eigenvalue weighted by molar-refractivity contribution is 1.14. The Labute approximate surface area is 87.5 Å². The number of aryl methyl sites for hydroxylation is 1. The lowest BCUT2D eigenvalue weighted by Gasteiger charge is -1.99. The molecule has 1 aromatic heterocycles. The number of H-pyrrole nitrogens is 1. The molecule has 2 rings (SSSR count). The van der Waals surface area contributed by atoms with Gasteiger partial charge in [0.1, 0.15) is 5.82 Å². The summed E-state index contributed by atoms with van der Waals surface area (Å²) in [7, 11) is 0. The van der Waals surface area contributed by atoms with Gasteiger partial charge in [-0.15, -0.1) is 0 Å². The minimum Gasteiger partial charge on any atom is -0.306 e. The van der Waals surface area contributed by atoms with Crippen molar-refractivity contribution in [3.05, 3.63) is 46.0 Å². The molecule has 76 valence electrons. The summed E-state index contributed by atoms with van der Waals surface area (Å²) in [5.74, 6) is 0.596. The number of hydrogen-bond donors (Lipinski definition) is 1. The van der Waals surface area contributed by atoms with Crippen molar-refractivity contribution in [3.63, 3.8) is 0 Å². The number of nitrogens with zero attached hydrogens (tertiary/aromatic N) is 1. The van der Waals surface area contributed by atoms with Crippen LogP contribution in [0.4, 0.5) is 0 Å². The first-order chi connectivity index (χ1) is 7.20. The minimum atomic E-state index is -0.0863. The van der Waals surface area contributed by atoms with E-state index in [0.29, 0.717) is 11.2 Å². The van der Waals surface area contributed by atoms with Crippen LogP contribution in [0.3, 0.4) is 0 Å². The van der Waals surface area contributed by atoms with E-state index in [1.165, 1.54) is 0 Å². The van der Waals surface area contributed by atoms with Crippen molar-refractivity contribution < 1.29 is 0 Å². The standard InChI is InChI=1S/C12H12N2O/c1-3-4-11-13-10-6-5-8(2)7-9(10)12(15)14-11/h3-7H,1-2H3,(H,13,14,15). The molecule has 15 heavy (non-hydrogen) atoms. The second kappa shape index (κ2) is 3.69. The number of benzene rings is 1. The number of aromatic nitrogens is 2. The van der Waals surface area contributed by atoms with Gasteiger partial charge in [-0.1, -0.05) is 17.7 Å². The number of aromatic amines is 1. The summed E-state index contributed by atoms with van der Waals surface area (Å²) >= 11 is 0. The van der Waals surface area contributed by atoms with E-state index in [0.717, 1.165) is 11.1 Å². The highest BCUT2D eigenvalue weighted by atomic mass is 16.1. The molecule has 0 aliphatic heterocycles. The van der Waals surface area contributed by atoms with Crippen LogP contribution in [0.15, 0.2) is 29.1 Å². The zero-order valence-corrected chi connectivity index (χ0v) is 8.74. The maximum absolute atomic E-state index is 11.7. The minimum absolute atomic E-state index is 0.0863. The summed E-state index contributed by atoms with van der Waals surface area (Å²) in [6.45, 7) is 3.85. The van der Waals surface area contributed by atoms with Gasteiger partial charge >= 0.3 is 0 Å². The summed E-state index contributed by atoms with van der Waals surface area (Å²) in [6, 6.07) is 5.67. The Hall–Kier alpha value is -1.90. The second-order valence-electron chi connectivity index (χ2n) is 3.47. The van der Waals surface area contributed by atoms with Crippen molar-refractivity contribution in [3.8, 4) is 0 Å². The zero-order valence-electron chi connectivity index (χ0n) is 8.74. The Kier molecular flexibility index (Phi) is 2.37. The largest absolute Gasteiger partial charge is 0.306 e. The van der Waals surface area contributed by atoms with E-state index < -0.39 is 0 Å². The Morgan fingerprint density at radius 1 is 1.40 bits per heavy atom. The van der Waals surface area contributed by atoms with Crippen LogP contribution in [0, 0.1) is 6.92 Å². The van der Waals surface area contributed by atoms with E-state index in [9.17, 15) is 4.79 Å². The molecule has 1 aromatic carbocycles. The third-order valence-corrected chi connectivity index (χ3v) is 2.20. The molecule has 3 heteroatoms. The Bertz CT molecular complexity index is 582. The quantitative estimate of drug-likeness (QED) is 0.767. The molecular formula is C12H12N2O. The van der Waals surface area contributed by atoms with Crippen LogP contribution in [-0.2, 0) is 0 Å². The van der Waals surface area contributed by atoms with Crippen molar-refractivity contribution >= 4 is 17.0 Å². The Morgan fingerprint density at radius 2 is 2.20 bits per heavy atom. The van der Waals surface area contributed by atoms with Gasteiger partial charge in [-0.05, 0) is 32.1 Å². The molecule has 1 N–H and O–H groups in total. The fourth-order valence-corrected chi connectivity index (χ4v) is 1.51. The number of fused-ring (bicyclic) bond motifs is 1. The molecule has 0 bridgehead atoms. The number of rotatable bonds is 1. The van der Waals surface area contributed by atoms with E-state index in [4.69, 9.17) is 0 Å². The van der Waals surface area contributed by atoms with Gasteiger partial charge in [0.15, 0.2) is 0 Å². The number of nitrogens with one attached hydrogen (secondary N) is 1. The highest BCUT2D eigenvalue weighted by Crippen LogP contribution is 2.09. The summed E-state index contributed by atoms with van der Waals surface area (Å²) in [6.07, 6.45) is 3.62. The predicted molar refractivity (Wildman–Crippen MR) is 61.8 cm³/mol. The van der Waals surface area contributed by atoms with Crippen molar-refractivity contribution in [2.24, 2.45) is 0 Å². The molecule has 2 aromatic rings. The summed E-state index contributed by atoms with van der Waals surface area (Å²) in [5, 5.41) is 0.642. The molecule has 0 fully saturated rings. The van der Waals surface area contributed by atoms with Gasteiger partial charge in [0.05, 0.1) is 10.9 Å². The van der Waals surface area contributed by atoms with E-state index in [1.54, 1.807) is 6.08 Å². The van der Waals surface area contributed by atoms with Gasteiger partial charge < -0.3 is 4.98 Å². The molecular weight excluding hydrogens is 188 g/mol. The summed E-state index contributed by atoms with van der Waals surface area (Å²) in [5.41, 5.74) is 1.71. The second-order valence-corrected chi connectivity index (χ2v) is 3.47. The van der Waals surface area contributed by atoms with Crippen LogP contribution in [-0.4, -0.2) is 9.97 Å². The molecule has 1 heterocycles. The molecule has 0 saturated carbocycles. The van der Waals surface area contributed by atoms with E-state index in [1.807, 2.05) is 38.1 Å². The lowest BCUT2D eigenvalue weighted by atomic mass is 10.2. The smallest absolute Gasteiger partial charge is 0.259 e. The first kappa shape index (κ1) is 9.65. The number of hydrogen-bond acceptors (Lipinski definition) is 2.